The Morgan fingerprint density at radius 2 is 2.29 bits per heavy atom. The molecule has 0 radical (unpaired) electrons. The van der Waals surface area contributed by atoms with Crippen molar-refractivity contribution < 1.29 is 14.5 Å². The van der Waals surface area contributed by atoms with Crippen LogP contribution in [0.4, 0.5) is 5.69 Å². The molecule has 0 aliphatic carbocycles. The minimum atomic E-state index is -0.791. The van der Waals surface area contributed by atoms with Crippen LogP contribution in [0.2, 0.25) is 0 Å². The number of carbonyl (C=O) groups is 1. The highest BCUT2D eigenvalue weighted by atomic mass is 127. The van der Waals surface area contributed by atoms with Crippen LogP contribution in [0.3, 0.4) is 0 Å². The fourth-order valence-electron chi connectivity index (χ4n) is 1.20. The summed E-state index contributed by atoms with van der Waals surface area (Å²) < 4.78 is 4.98. The van der Waals surface area contributed by atoms with Crippen LogP contribution in [0, 0.1) is 25.0 Å². The van der Waals surface area contributed by atoms with E-state index < -0.39 is 10.9 Å². The van der Waals surface area contributed by atoms with Gasteiger partial charge in [0.05, 0.1) is 20.7 Å². The van der Waals surface area contributed by atoms with Gasteiger partial charge in [-0.2, -0.15) is 5.26 Å². The van der Waals surface area contributed by atoms with E-state index in [2.05, 4.69) is 0 Å². The van der Waals surface area contributed by atoms with E-state index in [-0.39, 0.29) is 27.0 Å². The standard InChI is InChI=1S/C10H7IN2O4/c1-2-17-10(14)8-7(13(15)16)4-3-6(5-12)9(8)11/h3-4H,2H2,1H3. The summed E-state index contributed by atoms with van der Waals surface area (Å²) in [4.78, 5) is 21.7. The van der Waals surface area contributed by atoms with E-state index in [1.54, 1.807) is 29.5 Å². The lowest BCUT2D eigenvalue weighted by molar-refractivity contribution is -0.385. The number of hydrogen-bond donors (Lipinski definition) is 0. The summed E-state index contributed by atoms with van der Waals surface area (Å²) in [5.74, 6) is -0.791. The van der Waals surface area contributed by atoms with Crippen molar-refractivity contribution in [2.75, 3.05) is 6.61 Å². The van der Waals surface area contributed by atoms with E-state index in [0.717, 1.165) is 6.07 Å². The van der Waals surface area contributed by atoms with Gasteiger partial charge < -0.3 is 4.74 Å². The molecule has 0 unspecified atom stereocenters. The third-order valence-corrected chi connectivity index (χ3v) is 3.04. The van der Waals surface area contributed by atoms with Crippen molar-refractivity contribution in [1.82, 2.24) is 0 Å². The quantitative estimate of drug-likeness (QED) is 0.362. The minimum absolute atomic E-state index is 0.114. The third kappa shape index (κ3) is 2.71. The van der Waals surface area contributed by atoms with Crippen molar-refractivity contribution in [3.63, 3.8) is 0 Å². The highest BCUT2D eigenvalue weighted by molar-refractivity contribution is 14.1. The van der Waals surface area contributed by atoms with Crippen LogP contribution in [-0.4, -0.2) is 17.5 Å². The van der Waals surface area contributed by atoms with Crippen LogP contribution in [0.5, 0.6) is 0 Å². The zero-order chi connectivity index (χ0) is 13.0. The maximum atomic E-state index is 11.6. The summed E-state index contributed by atoms with van der Waals surface area (Å²) in [5, 5.41) is 19.6. The molecule has 0 saturated carbocycles. The minimum Gasteiger partial charge on any atom is -0.462 e. The molecule has 0 atom stereocenters. The molecule has 7 heteroatoms. The first kappa shape index (κ1) is 13.4. The normalized spacial score (nSPS) is 9.47. The predicted molar refractivity (Wildman–Crippen MR) is 66.5 cm³/mol. The fraction of sp³-hybridized carbons (Fsp3) is 0.200. The SMILES string of the molecule is CCOC(=O)c1c([N+](=O)[O-])ccc(C#N)c1I. The third-order valence-electron chi connectivity index (χ3n) is 1.92. The first-order valence-electron chi connectivity index (χ1n) is 4.57. The van der Waals surface area contributed by atoms with E-state index >= 15 is 0 Å². The number of nitro benzene ring substituents is 1. The van der Waals surface area contributed by atoms with Gasteiger partial charge >= 0.3 is 5.97 Å². The second-order valence-electron chi connectivity index (χ2n) is 2.91. The number of nitriles is 1. The van der Waals surface area contributed by atoms with Gasteiger partial charge in [0.15, 0.2) is 5.56 Å². The van der Waals surface area contributed by atoms with Crippen LogP contribution in [0.1, 0.15) is 22.8 Å². The Kier molecular flexibility index (Phi) is 4.39. The van der Waals surface area contributed by atoms with Crippen LogP contribution >= 0.6 is 22.6 Å². The van der Waals surface area contributed by atoms with E-state index in [0.29, 0.717) is 0 Å². The maximum Gasteiger partial charge on any atom is 0.346 e. The lowest BCUT2D eigenvalue weighted by Gasteiger charge is -2.06. The first-order chi connectivity index (χ1) is 8.02. The number of nitro groups is 1. The van der Waals surface area contributed by atoms with Gasteiger partial charge in [0.2, 0.25) is 0 Å². The Morgan fingerprint density at radius 1 is 1.65 bits per heavy atom. The van der Waals surface area contributed by atoms with Crippen LogP contribution in [0.25, 0.3) is 0 Å². The van der Waals surface area contributed by atoms with Crippen molar-refractivity contribution in [1.29, 1.82) is 5.26 Å². The number of hydrogen-bond acceptors (Lipinski definition) is 5. The van der Waals surface area contributed by atoms with Gasteiger partial charge in [-0.1, -0.05) is 0 Å². The van der Waals surface area contributed by atoms with Crippen molar-refractivity contribution in [3.8, 4) is 6.07 Å². The van der Waals surface area contributed by atoms with E-state index in [1.165, 1.54) is 6.07 Å². The molecular formula is C10H7IN2O4. The summed E-state index contributed by atoms with van der Waals surface area (Å²) in [6, 6.07) is 4.30. The highest BCUT2D eigenvalue weighted by Gasteiger charge is 2.26. The van der Waals surface area contributed by atoms with E-state index in [9.17, 15) is 14.9 Å². The monoisotopic (exact) mass is 346 g/mol. The molecule has 0 bridgehead atoms. The Bertz CT molecular complexity index is 522. The molecule has 0 heterocycles. The number of ether oxygens (including phenoxy) is 1. The number of rotatable bonds is 3. The Morgan fingerprint density at radius 3 is 2.76 bits per heavy atom. The van der Waals surface area contributed by atoms with Gasteiger partial charge in [-0.05, 0) is 35.6 Å². The second-order valence-corrected chi connectivity index (χ2v) is 3.99. The Labute approximate surface area is 110 Å². The molecule has 88 valence electrons. The van der Waals surface area contributed by atoms with Crippen molar-refractivity contribution in [3.05, 3.63) is 36.9 Å². The molecule has 1 aromatic carbocycles. The molecule has 1 rings (SSSR count). The van der Waals surface area contributed by atoms with Gasteiger partial charge in [0.25, 0.3) is 5.69 Å². The van der Waals surface area contributed by atoms with Gasteiger partial charge in [0, 0.05) is 6.07 Å². The number of benzene rings is 1. The molecule has 0 fully saturated rings. The second kappa shape index (κ2) is 5.58. The molecule has 0 aromatic heterocycles. The summed E-state index contributed by atoms with van der Waals surface area (Å²) in [6.07, 6.45) is 0. The molecule has 6 nitrogen and oxygen atoms in total. The molecule has 0 N–H and O–H groups in total. The number of nitrogens with zero attached hydrogens (tertiary/aromatic N) is 2. The van der Waals surface area contributed by atoms with Gasteiger partial charge in [-0.25, -0.2) is 4.79 Å². The molecule has 0 saturated heterocycles. The average Bonchev–Trinajstić information content (AvgIpc) is 2.28. The molecule has 1 aromatic rings. The summed E-state index contributed by atoms with van der Waals surface area (Å²) >= 11 is 1.73. The van der Waals surface area contributed by atoms with Crippen LogP contribution in [-0.2, 0) is 4.74 Å². The molecule has 0 aliphatic rings. The smallest absolute Gasteiger partial charge is 0.346 e. The Balaban J connectivity index is 3.46. The van der Waals surface area contributed by atoms with E-state index in [1.807, 2.05) is 6.07 Å². The lowest BCUT2D eigenvalue weighted by atomic mass is 10.1. The van der Waals surface area contributed by atoms with Crippen LogP contribution in [0.15, 0.2) is 12.1 Å². The van der Waals surface area contributed by atoms with Gasteiger partial charge in [-0.3, -0.25) is 10.1 Å². The molecule has 0 amide bonds. The highest BCUT2D eigenvalue weighted by Crippen LogP contribution is 2.27. The first-order valence-corrected chi connectivity index (χ1v) is 5.64. The van der Waals surface area contributed by atoms with E-state index in [4.69, 9.17) is 10.00 Å². The van der Waals surface area contributed by atoms with Crippen LogP contribution < -0.4 is 0 Å². The average molecular weight is 346 g/mol. The molecule has 0 aliphatic heterocycles. The molecule has 0 spiro atoms. The lowest BCUT2D eigenvalue weighted by Crippen LogP contribution is -2.11. The molecular weight excluding hydrogens is 339 g/mol. The zero-order valence-corrected chi connectivity index (χ0v) is 10.9. The Hall–Kier alpha value is -1.69. The summed E-state index contributed by atoms with van der Waals surface area (Å²) in [5.41, 5.74) is -0.317. The predicted octanol–water partition coefficient (Wildman–Crippen LogP) is 2.25. The van der Waals surface area contributed by atoms with Crippen molar-refractivity contribution >= 4 is 34.2 Å². The zero-order valence-electron chi connectivity index (χ0n) is 8.77. The maximum absolute atomic E-state index is 11.6. The number of esters is 1. The summed E-state index contributed by atoms with van der Waals surface area (Å²) in [7, 11) is 0. The summed E-state index contributed by atoms with van der Waals surface area (Å²) in [6.45, 7) is 1.72. The fourth-order valence-corrected chi connectivity index (χ4v) is 2.00. The number of carbonyl (C=O) groups excluding carboxylic acids is 1. The van der Waals surface area contributed by atoms with Gasteiger partial charge in [-0.15, -0.1) is 0 Å². The van der Waals surface area contributed by atoms with Gasteiger partial charge in [0.1, 0.15) is 6.07 Å². The largest absolute Gasteiger partial charge is 0.462 e. The molecule has 17 heavy (non-hydrogen) atoms. The number of halogens is 1. The topological polar surface area (TPSA) is 93.2 Å². The van der Waals surface area contributed by atoms with Crippen molar-refractivity contribution in [2.45, 2.75) is 6.92 Å². The van der Waals surface area contributed by atoms with Crippen molar-refractivity contribution in [2.24, 2.45) is 0 Å².